The molecule has 0 bridgehead atoms. The molecular formula is C34H45F2N7O2. The van der Waals surface area contributed by atoms with Gasteiger partial charge in [-0.3, -0.25) is 20.0 Å². The minimum Gasteiger partial charge on any atom is -0.345 e. The molecule has 2 amide bonds. The number of carbonyl (C=O) groups is 2. The number of hydrazine groups is 2. The lowest BCUT2D eigenvalue weighted by atomic mass is 9.78. The van der Waals surface area contributed by atoms with Crippen molar-refractivity contribution in [2.45, 2.75) is 90.8 Å². The molecule has 3 N–H and O–H groups in total. The molecule has 1 aliphatic carbocycles. The standard InChI is InChI=1S/C34H45F2N7O2/c1-6-22-11-15-34(16-12-22)38-30(25-18-26(35)20-27(36)19-25)32(45)43(34)28(13-14-33(2,3)4)17-23-7-9-24(10-8-23)31(44)37-21-29-39-41-42(5)40-29/h7-10,18-20,22,28,41H,6,11-17,21H2,1-5H3,(H,37,44)(H,39,40). The van der Waals surface area contributed by atoms with Crippen LogP contribution in [0.1, 0.15) is 94.1 Å². The Kier molecular flexibility index (Phi) is 9.57. The van der Waals surface area contributed by atoms with Crippen molar-refractivity contribution in [2.24, 2.45) is 21.4 Å². The van der Waals surface area contributed by atoms with Gasteiger partial charge in [-0.05, 0) is 86.1 Å². The van der Waals surface area contributed by atoms with E-state index in [1.807, 2.05) is 17.0 Å². The van der Waals surface area contributed by atoms with Crippen molar-refractivity contribution in [3.63, 3.8) is 0 Å². The monoisotopic (exact) mass is 621 g/mol. The number of carbonyl (C=O) groups excluding carboxylic acids is 2. The second-order valence-corrected chi connectivity index (χ2v) is 13.8. The van der Waals surface area contributed by atoms with Gasteiger partial charge < -0.3 is 10.2 Å². The number of halogens is 2. The van der Waals surface area contributed by atoms with E-state index in [0.29, 0.717) is 23.7 Å². The van der Waals surface area contributed by atoms with Gasteiger partial charge in [-0.2, -0.15) is 0 Å². The summed E-state index contributed by atoms with van der Waals surface area (Å²) in [6.45, 7) is 9.00. The average molecular weight is 622 g/mol. The first-order chi connectivity index (χ1) is 21.4. The maximum atomic E-state index is 14.3. The van der Waals surface area contributed by atoms with E-state index in [1.165, 1.54) is 12.1 Å². The van der Waals surface area contributed by atoms with Crippen molar-refractivity contribution in [3.05, 3.63) is 70.8 Å². The van der Waals surface area contributed by atoms with Gasteiger partial charge in [-0.1, -0.05) is 46.2 Å². The van der Waals surface area contributed by atoms with E-state index in [4.69, 9.17) is 4.99 Å². The summed E-state index contributed by atoms with van der Waals surface area (Å²) in [6, 6.07) is 10.5. The number of hydrogen-bond donors (Lipinski definition) is 3. The van der Waals surface area contributed by atoms with E-state index in [-0.39, 0.29) is 41.1 Å². The number of hydrazone groups is 1. The van der Waals surface area contributed by atoms with Crippen LogP contribution in [0, 0.1) is 23.0 Å². The molecule has 1 fully saturated rings. The Morgan fingerprint density at radius 1 is 1.11 bits per heavy atom. The molecule has 9 nitrogen and oxygen atoms in total. The third-order valence-corrected chi connectivity index (χ3v) is 9.14. The summed E-state index contributed by atoms with van der Waals surface area (Å²) in [7, 11) is 1.77. The summed E-state index contributed by atoms with van der Waals surface area (Å²) in [5.74, 6) is -0.775. The predicted octanol–water partition coefficient (Wildman–Crippen LogP) is 5.33. The first-order valence-corrected chi connectivity index (χ1v) is 16.0. The molecule has 0 saturated heterocycles. The normalized spacial score (nSPS) is 22.6. The molecule has 2 aliphatic heterocycles. The third-order valence-electron chi connectivity index (χ3n) is 9.14. The maximum absolute atomic E-state index is 14.3. The quantitative estimate of drug-likeness (QED) is 0.333. The summed E-state index contributed by atoms with van der Waals surface area (Å²) in [5, 5.41) is 8.52. The first-order valence-electron chi connectivity index (χ1n) is 16.0. The molecule has 5 rings (SSSR count). The zero-order valence-corrected chi connectivity index (χ0v) is 26.9. The van der Waals surface area contributed by atoms with Crippen LogP contribution < -0.4 is 16.3 Å². The number of amidine groups is 1. The van der Waals surface area contributed by atoms with Gasteiger partial charge in [-0.25, -0.2) is 14.3 Å². The molecule has 0 aromatic heterocycles. The van der Waals surface area contributed by atoms with Gasteiger partial charge in [-0.15, -0.1) is 10.2 Å². The minimum absolute atomic E-state index is 0.0359. The number of aliphatic imine (C=N–C) groups is 1. The van der Waals surface area contributed by atoms with Crippen LogP contribution in [-0.2, 0) is 11.2 Å². The Hall–Kier alpha value is -3.86. The minimum atomic E-state index is -0.747. The Morgan fingerprint density at radius 3 is 2.36 bits per heavy atom. The lowest BCUT2D eigenvalue weighted by Crippen LogP contribution is -2.54. The Labute approximate surface area is 264 Å². The van der Waals surface area contributed by atoms with Crippen molar-refractivity contribution in [1.82, 2.24) is 26.3 Å². The number of nitrogens with one attached hydrogen (secondary N) is 3. The van der Waals surface area contributed by atoms with Gasteiger partial charge in [0.05, 0.1) is 6.54 Å². The van der Waals surface area contributed by atoms with Crippen molar-refractivity contribution in [1.29, 1.82) is 0 Å². The molecule has 242 valence electrons. The lowest BCUT2D eigenvalue weighted by molar-refractivity contribution is -0.133. The molecular weight excluding hydrogens is 576 g/mol. The van der Waals surface area contributed by atoms with Gasteiger partial charge in [0.25, 0.3) is 11.8 Å². The van der Waals surface area contributed by atoms with Gasteiger partial charge in [0.15, 0.2) is 5.84 Å². The molecule has 45 heavy (non-hydrogen) atoms. The lowest BCUT2D eigenvalue weighted by Gasteiger charge is -2.45. The number of amides is 2. The number of nitrogens with zero attached hydrogens (tertiary/aromatic N) is 4. The molecule has 1 saturated carbocycles. The molecule has 2 aromatic carbocycles. The van der Waals surface area contributed by atoms with Crippen LogP contribution >= 0.6 is 0 Å². The largest absolute Gasteiger partial charge is 0.345 e. The third kappa shape index (κ3) is 7.69. The number of benzene rings is 2. The SMILES string of the molecule is CCC1CCC2(CC1)N=C(c1cc(F)cc(F)c1)C(=O)N2C(CCC(C)(C)C)Cc1ccc(C(=O)NCC2=NNN(C)N2)cc1. The van der Waals surface area contributed by atoms with Gasteiger partial charge in [0.1, 0.15) is 23.0 Å². The highest BCUT2D eigenvalue weighted by Gasteiger charge is 2.51. The highest BCUT2D eigenvalue weighted by atomic mass is 19.1. The smallest absolute Gasteiger partial charge is 0.274 e. The molecule has 1 unspecified atom stereocenters. The molecule has 11 heteroatoms. The van der Waals surface area contributed by atoms with Gasteiger partial charge >= 0.3 is 0 Å². The van der Waals surface area contributed by atoms with Crippen LogP contribution in [0.4, 0.5) is 8.78 Å². The van der Waals surface area contributed by atoms with Crippen LogP contribution in [0.2, 0.25) is 0 Å². The van der Waals surface area contributed by atoms with Crippen LogP contribution in [-0.4, -0.2) is 58.7 Å². The van der Waals surface area contributed by atoms with Crippen LogP contribution in [0.25, 0.3) is 0 Å². The zero-order valence-electron chi connectivity index (χ0n) is 26.9. The van der Waals surface area contributed by atoms with Crippen molar-refractivity contribution < 1.29 is 18.4 Å². The summed E-state index contributed by atoms with van der Waals surface area (Å²) >= 11 is 0. The van der Waals surface area contributed by atoms with Crippen LogP contribution in [0.3, 0.4) is 0 Å². The Bertz CT molecular complexity index is 1440. The Morgan fingerprint density at radius 2 is 1.78 bits per heavy atom. The average Bonchev–Trinajstić information content (AvgIpc) is 3.53. The van der Waals surface area contributed by atoms with Crippen molar-refractivity contribution in [3.8, 4) is 0 Å². The van der Waals surface area contributed by atoms with Crippen LogP contribution in [0.15, 0.2) is 52.6 Å². The molecule has 1 spiro atoms. The van der Waals surface area contributed by atoms with E-state index in [1.54, 1.807) is 24.3 Å². The molecule has 2 aromatic rings. The van der Waals surface area contributed by atoms with E-state index < -0.39 is 17.3 Å². The first kappa shape index (κ1) is 32.5. The van der Waals surface area contributed by atoms with E-state index >= 15 is 0 Å². The van der Waals surface area contributed by atoms with Crippen LogP contribution in [0.5, 0.6) is 0 Å². The second kappa shape index (κ2) is 13.2. The summed E-state index contributed by atoms with van der Waals surface area (Å²) in [5.41, 5.74) is 6.84. The fourth-order valence-electron chi connectivity index (χ4n) is 6.61. The van der Waals surface area contributed by atoms with E-state index in [2.05, 4.69) is 49.1 Å². The summed E-state index contributed by atoms with van der Waals surface area (Å²) < 4.78 is 28.6. The number of rotatable bonds is 10. The second-order valence-electron chi connectivity index (χ2n) is 13.8. The molecule has 1 atom stereocenters. The molecule has 0 radical (unpaired) electrons. The van der Waals surface area contributed by atoms with Gasteiger partial charge in [0, 0.05) is 30.3 Å². The van der Waals surface area contributed by atoms with Gasteiger partial charge in [0.2, 0.25) is 0 Å². The summed E-state index contributed by atoms with van der Waals surface area (Å²) in [6.07, 6.45) is 6.58. The van der Waals surface area contributed by atoms with E-state index in [9.17, 15) is 18.4 Å². The molecule has 3 aliphatic rings. The molecule has 2 heterocycles. The van der Waals surface area contributed by atoms with Crippen molar-refractivity contribution in [2.75, 3.05) is 13.6 Å². The van der Waals surface area contributed by atoms with Crippen molar-refractivity contribution >= 4 is 23.4 Å². The zero-order chi connectivity index (χ0) is 32.4. The maximum Gasteiger partial charge on any atom is 0.274 e. The van der Waals surface area contributed by atoms with E-state index in [0.717, 1.165) is 56.6 Å². The summed E-state index contributed by atoms with van der Waals surface area (Å²) in [4.78, 5) is 34.1. The highest BCUT2D eigenvalue weighted by molar-refractivity contribution is 6.46. The fourth-order valence-corrected chi connectivity index (χ4v) is 6.61. The topological polar surface area (TPSA) is 101 Å². The fraction of sp³-hybridized carbons (Fsp3) is 0.529. The predicted molar refractivity (Wildman–Crippen MR) is 171 cm³/mol. The Balaban J connectivity index is 1.41. The highest BCUT2D eigenvalue weighted by Crippen LogP contribution is 2.45. The number of hydrogen-bond acceptors (Lipinski definition) is 7.